The summed E-state index contributed by atoms with van der Waals surface area (Å²) < 4.78 is 7.61. The monoisotopic (exact) mass is 290 g/mol. The molecule has 0 unspecified atom stereocenters. The number of hydrogen-bond donors (Lipinski definition) is 0. The van der Waals surface area contributed by atoms with Crippen molar-refractivity contribution in [3.63, 3.8) is 0 Å². The van der Waals surface area contributed by atoms with Gasteiger partial charge in [0.25, 0.3) is 0 Å². The molecule has 0 N–H and O–H groups in total. The zero-order chi connectivity index (χ0) is 15.6. The van der Waals surface area contributed by atoms with Crippen molar-refractivity contribution in [2.75, 3.05) is 18.6 Å². The molecule has 1 saturated carbocycles. The van der Waals surface area contributed by atoms with Crippen molar-refractivity contribution in [1.82, 2.24) is 14.6 Å². The number of aromatic nitrogens is 3. The van der Waals surface area contributed by atoms with E-state index in [0.29, 0.717) is 0 Å². The first-order valence-corrected chi connectivity index (χ1v) is 7.91. The number of aryl methyl sites for hydroxylation is 1. The summed E-state index contributed by atoms with van der Waals surface area (Å²) in [5.41, 5.74) is 2.22. The molecule has 1 fully saturated rings. The fourth-order valence-electron chi connectivity index (χ4n) is 2.50. The molecule has 21 heavy (non-hydrogen) atoms. The van der Waals surface area contributed by atoms with Crippen LogP contribution in [-0.4, -0.2) is 33.8 Å². The highest BCUT2D eigenvalue weighted by molar-refractivity contribution is 5.62. The number of fused-ring (bicyclic) bond motifs is 2. The smallest absolute Gasteiger partial charge is 0.180 e. The van der Waals surface area contributed by atoms with Crippen LogP contribution in [-0.2, 0) is 0 Å². The van der Waals surface area contributed by atoms with E-state index >= 15 is 0 Å². The highest BCUT2D eigenvalue weighted by Crippen LogP contribution is 2.48. The highest BCUT2D eigenvalue weighted by Gasteiger charge is 2.51. The number of hydrogen-bond acceptors (Lipinski definition) is 4. The van der Waals surface area contributed by atoms with Crippen LogP contribution in [0.5, 0.6) is 5.75 Å². The van der Waals surface area contributed by atoms with Crippen molar-refractivity contribution >= 4 is 11.5 Å². The minimum Gasteiger partial charge on any atom is -0.486 e. The Bertz CT molecular complexity index is 616. The van der Waals surface area contributed by atoms with Crippen LogP contribution in [0.15, 0.2) is 12.4 Å². The summed E-state index contributed by atoms with van der Waals surface area (Å²) >= 11 is 0. The molecule has 2 aromatic heterocycles. The number of ether oxygens (including phenoxy) is 1. The maximum Gasteiger partial charge on any atom is 0.180 e. The Hall–Kier alpha value is -1.78. The average Bonchev–Trinajstić information content (AvgIpc) is 3.25. The first-order chi connectivity index (χ1) is 10.2. The minimum atomic E-state index is 0.215. The molecule has 1 spiro atoms. The van der Waals surface area contributed by atoms with Crippen LogP contribution >= 0.6 is 0 Å². The van der Waals surface area contributed by atoms with Crippen LogP contribution < -0.4 is 9.64 Å². The van der Waals surface area contributed by atoms with E-state index < -0.39 is 0 Å². The average molecular weight is 290 g/mol. The van der Waals surface area contributed by atoms with Crippen molar-refractivity contribution in [2.45, 2.75) is 53.0 Å². The molecule has 0 atom stereocenters. The lowest BCUT2D eigenvalue weighted by molar-refractivity contribution is 0.252. The van der Waals surface area contributed by atoms with Crippen LogP contribution in [0.2, 0.25) is 0 Å². The van der Waals surface area contributed by atoms with Crippen LogP contribution in [0.4, 0.5) is 5.82 Å². The van der Waals surface area contributed by atoms with Gasteiger partial charge in [-0.05, 0) is 19.8 Å². The van der Waals surface area contributed by atoms with Crippen molar-refractivity contribution in [3.8, 4) is 5.75 Å². The third kappa shape index (κ3) is 2.45. The van der Waals surface area contributed by atoms with Gasteiger partial charge >= 0.3 is 0 Å². The molecule has 0 radical (unpaired) electrons. The second-order valence-electron chi connectivity index (χ2n) is 5.10. The molecular formula is C16H26N4O. The van der Waals surface area contributed by atoms with E-state index in [9.17, 15) is 0 Å². The van der Waals surface area contributed by atoms with Gasteiger partial charge in [0, 0.05) is 12.6 Å². The molecule has 2 aliphatic rings. The van der Waals surface area contributed by atoms with Crippen molar-refractivity contribution < 1.29 is 4.74 Å². The number of rotatable bonds is 0. The molecule has 1 aliphatic carbocycles. The first kappa shape index (κ1) is 15.6. The molecule has 3 heterocycles. The molecule has 1 aliphatic heterocycles. The highest BCUT2D eigenvalue weighted by atomic mass is 16.5. The predicted octanol–water partition coefficient (Wildman–Crippen LogP) is 3.45. The van der Waals surface area contributed by atoms with Crippen molar-refractivity contribution in [1.29, 1.82) is 0 Å². The fourth-order valence-corrected chi connectivity index (χ4v) is 2.50. The Kier molecular flexibility index (Phi) is 4.40. The second-order valence-corrected chi connectivity index (χ2v) is 5.10. The van der Waals surface area contributed by atoms with E-state index in [1.54, 1.807) is 4.52 Å². The second kappa shape index (κ2) is 5.92. The van der Waals surface area contributed by atoms with E-state index in [-0.39, 0.29) is 5.54 Å². The van der Waals surface area contributed by atoms with Gasteiger partial charge in [-0.1, -0.05) is 27.7 Å². The van der Waals surface area contributed by atoms with Gasteiger partial charge in [0.05, 0.1) is 17.9 Å². The largest absolute Gasteiger partial charge is 0.486 e. The molecule has 0 bridgehead atoms. The van der Waals surface area contributed by atoms with E-state index in [2.05, 4.69) is 17.0 Å². The van der Waals surface area contributed by atoms with Gasteiger partial charge in [-0.3, -0.25) is 0 Å². The first-order valence-electron chi connectivity index (χ1n) is 7.91. The van der Waals surface area contributed by atoms with Gasteiger partial charge in [-0.15, -0.1) is 0 Å². The van der Waals surface area contributed by atoms with Gasteiger partial charge in [-0.25, -0.2) is 9.50 Å². The molecule has 0 amide bonds. The number of anilines is 1. The normalized spacial score (nSPS) is 17.1. The third-order valence-electron chi connectivity index (χ3n) is 3.97. The molecule has 116 valence electrons. The summed E-state index contributed by atoms with van der Waals surface area (Å²) in [6, 6.07) is 0. The molecule has 4 rings (SSSR count). The van der Waals surface area contributed by atoms with Crippen LogP contribution in [0, 0.1) is 6.92 Å². The van der Waals surface area contributed by atoms with Gasteiger partial charge in [0.15, 0.2) is 17.2 Å². The Labute approximate surface area is 126 Å². The van der Waals surface area contributed by atoms with Crippen molar-refractivity contribution in [2.24, 2.45) is 0 Å². The Morgan fingerprint density at radius 3 is 2.48 bits per heavy atom. The lowest BCUT2D eigenvalue weighted by Crippen LogP contribution is -2.43. The lowest BCUT2D eigenvalue weighted by Gasteiger charge is -2.35. The molecule has 5 nitrogen and oxygen atoms in total. The van der Waals surface area contributed by atoms with Crippen LogP contribution in [0.3, 0.4) is 0 Å². The van der Waals surface area contributed by atoms with Gasteiger partial charge in [0.2, 0.25) is 0 Å². The predicted molar refractivity (Wildman–Crippen MR) is 86.3 cm³/mol. The van der Waals surface area contributed by atoms with Gasteiger partial charge < -0.3 is 9.64 Å². The number of likely N-dealkylation sites (N-methyl/N-ethyl adjacent to an activating group) is 1. The molecule has 0 saturated heterocycles. The fraction of sp³-hybridized carbons (Fsp3) is 0.625. The SMILES string of the molecule is CC.CC.Cc1cnn2cc3c(nc12)N(C)C1(CC1)CO3. The van der Waals surface area contributed by atoms with Gasteiger partial charge in [0.1, 0.15) is 6.61 Å². The Balaban J connectivity index is 0.000000374. The van der Waals surface area contributed by atoms with E-state index in [0.717, 1.165) is 29.4 Å². The Morgan fingerprint density at radius 2 is 1.86 bits per heavy atom. The van der Waals surface area contributed by atoms with E-state index in [4.69, 9.17) is 9.72 Å². The maximum atomic E-state index is 5.82. The van der Waals surface area contributed by atoms with Crippen LogP contribution in [0.1, 0.15) is 46.1 Å². The summed E-state index contributed by atoms with van der Waals surface area (Å²) in [4.78, 5) is 6.97. The molecule has 2 aromatic rings. The number of nitrogens with zero attached hydrogens (tertiary/aromatic N) is 4. The summed E-state index contributed by atoms with van der Waals surface area (Å²) in [7, 11) is 2.11. The van der Waals surface area contributed by atoms with Gasteiger partial charge in [-0.2, -0.15) is 5.10 Å². The van der Waals surface area contributed by atoms with E-state index in [1.165, 1.54) is 12.8 Å². The zero-order valence-electron chi connectivity index (χ0n) is 14.0. The topological polar surface area (TPSA) is 42.7 Å². The standard InChI is InChI=1S/C12H14N4O.2C2H6/c1-8-5-13-16-6-9-11(14-10(8)16)15(2)12(3-4-12)7-17-9;2*1-2/h5-6H,3-4,7H2,1-2H3;2*1-2H3. The summed E-state index contributed by atoms with van der Waals surface area (Å²) in [5.74, 6) is 1.78. The third-order valence-corrected chi connectivity index (χ3v) is 3.97. The summed E-state index contributed by atoms with van der Waals surface area (Å²) in [6.07, 6.45) is 6.17. The quantitative estimate of drug-likeness (QED) is 0.745. The van der Waals surface area contributed by atoms with Crippen molar-refractivity contribution in [3.05, 3.63) is 18.0 Å². The maximum absolute atomic E-state index is 5.82. The van der Waals surface area contributed by atoms with E-state index in [1.807, 2.05) is 47.0 Å². The zero-order valence-corrected chi connectivity index (χ0v) is 14.0. The minimum absolute atomic E-state index is 0.215. The lowest BCUT2D eigenvalue weighted by atomic mass is 10.2. The van der Waals surface area contributed by atoms with Crippen LogP contribution in [0.25, 0.3) is 5.65 Å². The molecular weight excluding hydrogens is 264 g/mol. The molecule has 5 heteroatoms. The summed E-state index contributed by atoms with van der Waals surface area (Å²) in [5, 5.41) is 4.26. The Morgan fingerprint density at radius 1 is 1.19 bits per heavy atom. The molecule has 0 aromatic carbocycles. The summed E-state index contributed by atoms with van der Waals surface area (Å²) in [6.45, 7) is 10.8.